The molecule has 196 valence electrons. The van der Waals surface area contributed by atoms with Crippen molar-refractivity contribution >= 4 is 27.8 Å². The molecule has 5 aromatic rings. The van der Waals surface area contributed by atoms with Crippen LogP contribution in [0.4, 0.5) is 0 Å². The number of nitrogens with zero attached hydrogens (tertiary/aromatic N) is 1. The quantitative estimate of drug-likeness (QED) is 0.181. The molecular weight excluding hydrogens is 506 g/mol. The lowest BCUT2D eigenvalue weighted by atomic mass is 9.85. The molecule has 0 aliphatic carbocycles. The van der Waals surface area contributed by atoms with E-state index in [0.29, 0.717) is 11.3 Å². The Morgan fingerprint density at radius 3 is 2.46 bits per heavy atom. The second kappa shape index (κ2) is 8.66. The molecule has 3 heterocycles. The Hall–Kier alpha value is -5.25. The van der Waals surface area contributed by atoms with Gasteiger partial charge in [-0.25, -0.2) is 0 Å². The molecule has 39 heavy (non-hydrogen) atoms. The van der Waals surface area contributed by atoms with Gasteiger partial charge in [0, 0.05) is 47.9 Å². The molecule has 0 saturated carbocycles. The number of phenolic OH excluding ortho intramolecular Hbond substituents is 3. The number of aryl methyl sites for hydroxylation is 1. The normalized spacial score (nSPS) is 14.8. The van der Waals surface area contributed by atoms with Crippen LogP contribution in [-0.2, 0) is 11.8 Å². The molecular formula is C29H21NO9. The number of carbonyl (C=O) groups excluding carboxylic acids is 1. The highest BCUT2D eigenvalue weighted by Gasteiger charge is 2.35. The molecule has 10 heteroatoms. The maximum absolute atomic E-state index is 13.6. The Morgan fingerprint density at radius 2 is 1.72 bits per heavy atom. The lowest BCUT2D eigenvalue weighted by Crippen LogP contribution is -2.29. The third-order valence-corrected chi connectivity index (χ3v) is 7.02. The zero-order valence-electron chi connectivity index (χ0n) is 20.7. The summed E-state index contributed by atoms with van der Waals surface area (Å²) < 4.78 is 18.3. The van der Waals surface area contributed by atoms with Crippen LogP contribution in [0.5, 0.6) is 28.7 Å². The van der Waals surface area contributed by atoms with Gasteiger partial charge in [-0.1, -0.05) is 0 Å². The molecule has 0 amide bonds. The molecule has 2 aromatic heterocycles. The smallest absolute Gasteiger partial charge is 0.312 e. The summed E-state index contributed by atoms with van der Waals surface area (Å²) in [6.07, 6.45) is -0.211. The van der Waals surface area contributed by atoms with Crippen molar-refractivity contribution in [3.8, 4) is 40.1 Å². The summed E-state index contributed by atoms with van der Waals surface area (Å²) in [4.78, 5) is 39.4. The van der Waals surface area contributed by atoms with Crippen molar-refractivity contribution in [3.05, 3.63) is 86.3 Å². The number of aromatic hydroxyl groups is 3. The second-order valence-corrected chi connectivity index (χ2v) is 9.31. The average molecular weight is 527 g/mol. The maximum Gasteiger partial charge on any atom is 0.312 e. The first-order chi connectivity index (χ1) is 18.7. The molecule has 1 aliphatic heterocycles. The van der Waals surface area contributed by atoms with Gasteiger partial charge in [-0.2, -0.15) is 0 Å². The number of hydrogen-bond acceptors (Lipinski definition) is 9. The van der Waals surface area contributed by atoms with Gasteiger partial charge < -0.3 is 33.8 Å². The van der Waals surface area contributed by atoms with Crippen LogP contribution in [0, 0.1) is 0 Å². The average Bonchev–Trinajstić information content (AvgIpc) is 2.91. The largest absolute Gasteiger partial charge is 0.507 e. The molecule has 1 aliphatic rings. The van der Waals surface area contributed by atoms with Gasteiger partial charge >= 0.3 is 5.97 Å². The number of hydrogen-bond donors (Lipinski definition) is 3. The SMILES string of the molecule is COc1ccc2cc([C@H]3CC(=O)Oc4cc(O)c5c(=O)cc(-c6ccc(O)c(O)c6)oc5c43)c(=O)n(C)c2c1. The van der Waals surface area contributed by atoms with Crippen LogP contribution in [0.2, 0.25) is 0 Å². The number of methoxy groups -OCH3 is 1. The summed E-state index contributed by atoms with van der Waals surface area (Å²) >= 11 is 0. The Balaban J connectivity index is 1.65. The number of aromatic nitrogens is 1. The molecule has 0 spiro atoms. The standard InChI is InChI=1S/C29H21NO9/c1-30-18-9-15(37-2)5-3-13(18)7-17(29(30)36)16-10-25(35)38-24-12-22(34)27-21(33)11-23(39-28(27)26(16)24)14-4-6-19(31)20(32)8-14/h3-9,11-12,16,31-32,34H,10H2,1-2H3/t16-/m1/s1. The van der Waals surface area contributed by atoms with Crippen molar-refractivity contribution in [1.29, 1.82) is 0 Å². The van der Waals surface area contributed by atoms with Gasteiger partial charge in [0.1, 0.15) is 34.0 Å². The van der Waals surface area contributed by atoms with Gasteiger partial charge in [0.05, 0.1) is 19.0 Å². The Kier molecular flexibility index (Phi) is 5.35. The Morgan fingerprint density at radius 1 is 0.923 bits per heavy atom. The molecule has 0 fully saturated rings. The van der Waals surface area contributed by atoms with E-state index >= 15 is 0 Å². The van der Waals surface area contributed by atoms with E-state index < -0.39 is 28.8 Å². The fourth-order valence-electron chi connectivity index (χ4n) is 5.09. The monoisotopic (exact) mass is 527 g/mol. The lowest BCUT2D eigenvalue weighted by molar-refractivity contribution is -0.135. The number of rotatable bonds is 3. The van der Waals surface area contributed by atoms with E-state index in [4.69, 9.17) is 13.9 Å². The van der Waals surface area contributed by atoms with Crippen molar-refractivity contribution in [1.82, 2.24) is 4.57 Å². The Labute approximate surface area is 219 Å². The van der Waals surface area contributed by atoms with Crippen molar-refractivity contribution in [3.63, 3.8) is 0 Å². The highest BCUT2D eigenvalue weighted by molar-refractivity contribution is 5.93. The van der Waals surface area contributed by atoms with E-state index in [0.717, 1.165) is 11.5 Å². The van der Waals surface area contributed by atoms with Crippen LogP contribution in [0.1, 0.15) is 23.5 Å². The number of ether oxygens (including phenoxy) is 2. The van der Waals surface area contributed by atoms with E-state index in [1.807, 2.05) is 0 Å². The number of benzene rings is 3. The first-order valence-corrected chi connectivity index (χ1v) is 11.9. The predicted octanol–water partition coefficient (Wildman–Crippen LogP) is 3.88. The number of pyridine rings is 1. The van der Waals surface area contributed by atoms with Gasteiger partial charge in [0.25, 0.3) is 5.56 Å². The number of esters is 1. The third-order valence-electron chi connectivity index (χ3n) is 7.02. The minimum Gasteiger partial charge on any atom is -0.507 e. The van der Waals surface area contributed by atoms with Crippen LogP contribution in [0.25, 0.3) is 33.2 Å². The van der Waals surface area contributed by atoms with Gasteiger partial charge in [0.15, 0.2) is 16.9 Å². The lowest BCUT2D eigenvalue weighted by Gasteiger charge is -2.26. The van der Waals surface area contributed by atoms with E-state index in [9.17, 15) is 29.7 Å². The fraction of sp³-hybridized carbons (Fsp3) is 0.138. The summed E-state index contributed by atoms with van der Waals surface area (Å²) in [7, 11) is 3.14. The number of carbonyl (C=O) groups is 1. The third kappa shape index (κ3) is 3.76. The van der Waals surface area contributed by atoms with E-state index in [-0.39, 0.29) is 56.9 Å². The molecule has 6 rings (SSSR count). The van der Waals surface area contributed by atoms with Crippen molar-refractivity contribution in [2.45, 2.75) is 12.3 Å². The molecule has 3 aromatic carbocycles. The zero-order valence-corrected chi connectivity index (χ0v) is 20.7. The molecule has 0 unspecified atom stereocenters. The van der Waals surface area contributed by atoms with Crippen LogP contribution in [0.3, 0.4) is 0 Å². The minimum atomic E-state index is -0.860. The summed E-state index contributed by atoms with van der Waals surface area (Å²) in [5, 5.41) is 30.9. The molecule has 0 bridgehead atoms. The van der Waals surface area contributed by atoms with Gasteiger partial charge in [-0.15, -0.1) is 0 Å². The van der Waals surface area contributed by atoms with Gasteiger partial charge in [-0.3, -0.25) is 14.4 Å². The maximum atomic E-state index is 13.6. The molecule has 1 atom stereocenters. The molecule has 10 nitrogen and oxygen atoms in total. The first-order valence-electron chi connectivity index (χ1n) is 11.9. The number of fused-ring (bicyclic) bond motifs is 4. The van der Waals surface area contributed by atoms with Gasteiger partial charge in [0.2, 0.25) is 0 Å². The number of phenols is 3. The van der Waals surface area contributed by atoms with E-state index in [1.54, 1.807) is 31.3 Å². The van der Waals surface area contributed by atoms with Crippen molar-refractivity contribution in [2.75, 3.05) is 7.11 Å². The molecule has 0 saturated heterocycles. The summed E-state index contributed by atoms with van der Waals surface area (Å²) in [6, 6.07) is 13.2. The molecule has 0 radical (unpaired) electrons. The van der Waals surface area contributed by atoms with E-state index in [1.165, 1.54) is 35.9 Å². The summed E-state index contributed by atoms with van der Waals surface area (Å²) in [5.74, 6) is -2.13. The fourth-order valence-corrected chi connectivity index (χ4v) is 5.09. The van der Waals surface area contributed by atoms with Crippen LogP contribution >= 0.6 is 0 Å². The van der Waals surface area contributed by atoms with E-state index in [2.05, 4.69) is 0 Å². The summed E-state index contributed by atoms with van der Waals surface area (Å²) in [6.45, 7) is 0. The van der Waals surface area contributed by atoms with Crippen molar-refractivity contribution in [2.24, 2.45) is 7.05 Å². The van der Waals surface area contributed by atoms with Gasteiger partial charge in [-0.05, 0) is 41.8 Å². The topological polar surface area (TPSA) is 148 Å². The van der Waals surface area contributed by atoms with Crippen LogP contribution in [0.15, 0.2) is 68.6 Å². The van der Waals surface area contributed by atoms with Crippen molar-refractivity contribution < 1.29 is 34.0 Å². The predicted molar refractivity (Wildman–Crippen MR) is 141 cm³/mol. The Bertz CT molecular complexity index is 1970. The first kappa shape index (κ1) is 24.1. The second-order valence-electron chi connectivity index (χ2n) is 9.31. The molecule has 3 N–H and O–H groups in total. The zero-order chi connectivity index (χ0) is 27.6. The minimum absolute atomic E-state index is 0.0322. The van der Waals surface area contributed by atoms with Crippen LogP contribution in [-0.4, -0.2) is 33.0 Å². The highest BCUT2D eigenvalue weighted by atomic mass is 16.5. The van der Waals surface area contributed by atoms with Crippen LogP contribution < -0.4 is 20.5 Å². The summed E-state index contributed by atoms with van der Waals surface area (Å²) in [5.41, 5.74) is 0.413. The highest BCUT2D eigenvalue weighted by Crippen LogP contribution is 2.46.